The van der Waals surface area contributed by atoms with Gasteiger partial charge in [-0.1, -0.05) is 332 Å². The van der Waals surface area contributed by atoms with Gasteiger partial charge in [0.05, 0.1) is 6.61 Å². The monoisotopic (exact) mass is 1160 g/mol. The fourth-order valence-electron chi connectivity index (χ4n) is 9.66. The minimum absolute atomic E-state index is 0.0712. The van der Waals surface area contributed by atoms with E-state index in [4.69, 9.17) is 9.47 Å². The maximum absolute atomic E-state index is 12.4. The molecule has 1 N–H and O–H groups in total. The second-order valence-corrected chi connectivity index (χ2v) is 22.8. The molecule has 0 aliphatic carbocycles. The van der Waals surface area contributed by atoms with Gasteiger partial charge in [0, 0.05) is 12.8 Å². The molecule has 84 heavy (non-hydrogen) atoms. The second-order valence-electron chi connectivity index (χ2n) is 22.8. The highest BCUT2D eigenvalue weighted by Gasteiger charge is 2.16. The summed E-state index contributed by atoms with van der Waals surface area (Å²) in [5.74, 6) is -0.589. The van der Waals surface area contributed by atoms with E-state index in [1.807, 2.05) is 0 Å². The van der Waals surface area contributed by atoms with Crippen molar-refractivity contribution in [3.05, 3.63) is 158 Å². The molecule has 5 nitrogen and oxygen atoms in total. The van der Waals surface area contributed by atoms with Crippen LogP contribution in [0.15, 0.2) is 158 Å². The van der Waals surface area contributed by atoms with Crippen molar-refractivity contribution in [2.24, 2.45) is 0 Å². The summed E-state index contributed by atoms with van der Waals surface area (Å²) >= 11 is 0. The number of carbonyl (C=O) groups excluding carboxylic acids is 2. The van der Waals surface area contributed by atoms with Crippen LogP contribution in [0.5, 0.6) is 0 Å². The molecule has 0 fully saturated rings. The Hall–Kier alpha value is -4.48. The van der Waals surface area contributed by atoms with E-state index in [9.17, 15) is 14.7 Å². The summed E-state index contributed by atoms with van der Waals surface area (Å²) in [6.07, 6.45) is 111. The number of hydrogen-bond acceptors (Lipinski definition) is 5. The van der Waals surface area contributed by atoms with E-state index >= 15 is 0 Å². The van der Waals surface area contributed by atoms with E-state index < -0.39 is 6.10 Å². The molecule has 1 atom stereocenters. The van der Waals surface area contributed by atoms with Gasteiger partial charge in [0.1, 0.15) is 6.61 Å². The Labute approximate surface area is 520 Å². The van der Waals surface area contributed by atoms with Crippen molar-refractivity contribution >= 4 is 11.9 Å². The van der Waals surface area contributed by atoms with Gasteiger partial charge < -0.3 is 14.6 Å². The number of allylic oxidation sites excluding steroid dienone is 26. The minimum atomic E-state index is -0.783. The number of aliphatic hydroxyl groups excluding tert-OH is 1. The van der Waals surface area contributed by atoms with Crippen molar-refractivity contribution in [3.63, 3.8) is 0 Å². The normalized spacial score (nSPS) is 13.2. The predicted octanol–water partition coefficient (Wildman–Crippen LogP) is 24.6. The maximum Gasteiger partial charge on any atom is 0.306 e. The molecule has 0 amide bonds. The summed E-state index contributed by atoms with van der Waals surface area (Å²) in [5.41, 5.74) is 0. The maximum atomic E-state index is 12.4. The molecule has 0 spiro atoms. The standard InChI is InChI=1S/C79H130O5/c1-3-5-7-9-11-13-15-17-19-21-23-25-27-29-31-33-34-35-36-37-38-39-40-41-42-43-44-46-48-50-52-54-56-58-60-62-64-66-68-70-72-74-79(82)84-77(75-80)76-83-78(81)73-71-69-67-65-63-61-59-57-55-53-51-49-47-45-32-30-28-26-24-22-20-18-16-14-12-10-8-6-4-2/h5-8,11-14,17-20,23-26,29,31,34-35,37-38,40-41,43-44,77,80H,3-4,9-10,15-16,21-22,27-28,30,32-33,36,39,42,45-76H2,1-2H3/b7-5-,8-6-,13-11-,14-12-,19-17-,20-18-,25-23-,26-24-,31-29-,35-34-,38-37-,41-40-,44-43-. The first-order valence-electron chi connectivity index (χ1n) is 35.0. The van der Waals surface area contributed by atoms with Gasteiger partial charge in [0.15, 0.2) is 6.10 Å². The first-order valence-corrected chi connectivity index (χ1v) is 35.0. The minimum Gasteiger partial charge on any atom is -0.462 e. The molecule has 0 aromatic rings. The number of rotatable bonds is 63. The van der Waals surface area contributed by atoms with Crippen molar-refractivity contribution in [2.45, 2.75) is 315 Å². The second kappa shape index (κ2) is 72.8. The summed E-state index contributed by atoms with van der Waals surface area (Å²) < 4.78 is 10.8. The SMILES string of the molecule is CC/C=C\C/C=C\C/C=C\C/C=C\C/C=C\C/C=C\C/C=C\C/C=C\C/C=C\CCCCCCCCCCCCCCCC(=O)OC(CO)COC(=O)CCCCCCCCCCCCCCCCCC/C=C\C/C=C\C/C=C\C/C=C\CC. The highest BCUT2D eigenvalue weighted by molar-refractivity contribution is 5.70. The van der Waals surface area contributed by atoms with Crippen molar-refractivity contribution in [3.8, 4) is 0 Å². The molecule has 0 aromatic heterocycles. The van der Waals surface area contributed by atoms with E-state index in [0.29, 0.717) is 12.8 Å². The zero-order valence-corrected chi connectivity index (χ0v) is 54.6. The number of hydrogen-bond donors (Lipinski definition) is 1. The smallest absolute Gasteiger partial charge is 0.306 e. The Kier molecular flexibility index (Phi) is 68.9. The lowest BCUT2D eigenvalue weighted by atomic mass is 10.0. The Balaban J connectivity index is 3.51. The van der Waals surface area contributed by atoms with Gasteiger partial charge in [-0.2, -0.15) is 0 Å². The molecule has 0 bridgehead atoms. The van der Waals surface area contributed by atoms with Crippen LogP contribution < -0.4 is 0 Å². The largest absolute Gasteiger partial charge is 0.462 e. The van der Waals surface area contributed by atoms with Gasteiger partial charge in [-0.05, 0) is 122 Å². The Morgan fingerprint density at radius 2 is 0.476 bits per heavy atom. The fourth-order valence-corrected chi connectivity index (χ4v) is 9.66. The summed E-state index contributed by atoms with van der Waals surface area (Å²) in [4.78, 5) is 24.7. The average molecular weight is 1160 g/mol. The van der Waals surface area contributed by atoms with Crippen LogP contribution in [0, 0.1) is 0 Å². The molecular formula is C79H130O5. The van der Waals surface area contributed by atoms with E-state index in [-0.39, 0.29) is 25.2 Å². The van der Waals surface area contributed by atoms with Crippen molar-refractivity contribution < 1.29 is 24.2 Å². The molecule has 0 saturated carbocycles. The number of unbranched alkanes of at least 4 members (excludes halogenated alkanes) is 29. The van der Waals surface area contributed by atoms with Crippen LogP contribution in [-0.2, 0) is 19.1 Å². The first kappa shape index (κ1) is 79.5. The van der Waals surface area contributed by atoms with Crippen molar-refractivity contribution in [1.82, 2.24) is 0 Å². The lowest BCUT2D eigenvalue weighted by Gasteiger charge is -2.15. The summed E-state index contributed by atoms with van der Waals surface area (Å²) in [6, 6.07) is 0. The molecule has 0 aliphatic heterocycles. The molecule has 0 radical (unpaired) electrons. The van der Waals surface area contributed by atoms with Gasteiger partial charge in [-0.25, -0.2) is 0 Å². The summed E-state index contributed by atoms with van der Waals surface area (Å²) in [6.45, 7) is 3.93. The third kappa shape index (κ3) is 70.0. The van der Waals surface area contributed by atoms with Crippen LogP contribution in [0.1, 0.15) is 309 Å². The van der Waals surface area contributed by atoms with Gasteiger partial charge >= 0.3 is 11.9 Å². The Morgan fingerprint density at radius 1 is 0.274 bits per heavy atom. The zero-order chi connectivity index (χ0) is 60.5. The molecule has 476 valence electrons. The summed E-state index contributed by atoms with van der Waals surface area (Å²) in [5, 5.41) is 9.71. The van der Waals surface area contributed by atoms with E-state index in [1.54, 1.807) is 0 Å². The van der Waals surface area contributed by atoms with Gasteiger partial charge in [0.25, 0.3) is 0 Å². The van der Waals surface area contributed by atoms with E-state index in [0.717, 1.165) is 122 Å². The Bertz CT molecular complexity index is 1790. The highest BCUT2D eigenvalue weighted by atomic mass is 16.6. The van der Waals surface area contributed by atoms with Crippen LogP contribution in [0.4, 0.5) is 0 Å². The van der Waals surface area contributed by atoms with Crippen molar-refractivity contribution in [1.29, 1.82) is 0 Å². The molecule has 0 aliphatic rings. The number of esters is 2. The van der Waals surface area contributed by atoms with Gasteiger partial charge in [0.2, 0.25) is 0 Å². The summed E-state index contributed by atoms with van der Waals surface area (Å²) in [7, 11) is 0. The number of aliphatic hydroxyl groups is 1. The lowest BCUT2D eigenvalue weighted by molar-refractivity contribution is -0.161. The third-order valence-corrected chi connectivity index (χ3v) is 14.8. The van der Waals surface area contributed by atoms with Crippen molar-refractivity contribution in [2.75, 3.05) is 13.2 Å². The van der Waals surface area contributed by atoms with Gasteiger partial charge in [-0.15, -0.1) is 0 Å². The van der Waals surface area contributed by atoms with E-state index in [2.05, 4.69) is 172 Å². The fraction of sp³-hybridized carbons (Fsp3) is 0.646. The molecule has 5 heteroatoms. The van der Waals surface area contributed by atoms with Crippen LogP contribution in [0.3, 0.4) is 0 Å². The Morgan fingerprint density at radius 3 is 0.714 bits per heavy atom. The van der Waals surface area contributed by atoms with E-state index in [1.165, 1.54) is 161 Å². The van der Waals surface area contributed by atoms with Crippen LogP contribution in [0.25, 0.3) is 0 Å². The molecule has 0 rings (SSSR count). The quantitative estimate of drug-likeness (QED) is 0.0373. The molecule has 1 unspecified atom stereocenters. The lowest BCUT2D eigenvalue weighted by Crippen LogP contribution is -2.28. The molecule has 0 saturated heterocycles. The zero-order valence-electron chi connectivity index (χ0n) is 54.6. The molecular weight excluding hydrogens is 1030 g/mol. The molecule has 0 aromatic carbocycles. The topological polar surface area (TPSA) is 72.8 Å². The van der Waals surface area contributed by atoms with Crippen LogP contribution in [-0.4, -0.2) is 36.4 Å². The van der Waals surface area contributed by atoms with Crippen LogP contribution >= 0.6 is 0 Å². The highest BCUT2D eigenvalue weighted by Crippen LogP contribution is 2.17. The van der Waals surface area contributed by atoms with Gasteiger partial charge in [-0.3, -0.25) is 9.59 Å². The van der Waals surface area contributed by atoms with Crippen LogP contribution in [0.2, 0.25) is 0 Å². The third-order valence-electron chi connectivity index (χ3n) is 14.8. The first-order chi connectivity index (χ1) is 41.6. The predicted molar refractivity (Wildman–Crippen MR) is 370 cm³/mol. The average Bonchev–Trinajstić information content (AvgIpc) is 3.51. The molecule has 0 heterocycles. The number of carbonyl (C=O) groups is 2. The number of ether oxygens (including phenoxy) is 2.